The second kappa shape index (κ2) is 6.10. The van der Waals surface area contributed by atoms with Crippen molar-refractivity contribution in [1.29, 1.82) is 0 Å². The van der Waals surface area contributed by atoms with E-state index >= 15 is 0 Å². The Bertz CT molecular complexity index is 792. The highest BCUT2D eigenvalue weighted by atomic mass is 19.4. The van der Waals surface area contributed by atoms with Crippen LogP contribution in [0.1, 0.15) is 22.4 Å². The highest BCUT2D eigenvalue weighted by Gasteiger charge is 2.30. The minimum absolute atomic E-state index is 0.0808. The van der Waals surface area contributed by atoms with Gasteiger partial charge in [-0.2, -0.15) is 23.3 Å². The van der Waals surface area contributed by atoms with Gasteiger partial charge in [-0.25, -0.2) is 0 Å². The van der Waals surface area contributed by atoms with Crippen LogP contribution in [0.25, 0.3) is 0 Å². The van der Waals surface area contributed by atoms with Crippen molar-refractivity contribution in [3.63, 3.8) is 0 Å². The fourth-order valence-corrected chi connectivity index (χ4v) is 2.51. The van der Waals surface area contributed by atoms with Gasteiger partial charge in [0.15, 0.2) is 6.61 Å². The van der Waals surface area contributed by atoms with E-state index in [1.165, 1.54) is 12.1 Å². The lowest BCUT2D eigenvalue weighted by Crippen LogP contribution is -2.08. The molecule has 0 saturated carbocycles. The summed E-state index contributed by atoms with van der Waals surface area (Å²) in [6, 6.07) is 5.07. The molecule has 0 atom stereocenters. The number of alkyl halides is 3. The summed E-state index contributed by atoms with van der Waals surface area (Å²) in [6.45, 7) is -0.0808. The normalized spacial score (nSPS) is 14.7. The van der Waals surface area contributed by atoms with Gasteiger partial charge in [0.05, 0.1) is 23.0 Å². The smallest absolute Gasteiger partial charge is 0.416 e. The van der Waals surface area contributed by atoms with Crippen LogP contribution in [0.3, 0.4) is 0 Å². The zero-order chi connectivity index (χ0) is 17.3. The molecule has 2 aromatic rings. The van der Waals surface area contributed by atoms with Crippen molar-refractivity contribution in [1.82, 2.24) is 9.78 Å². The van der Waals surface area contributed by atoms with E-state index in [1.807, 2.05) is 0 Å². The summed E-state index contributed by atoms with van der Waals surface area (Å²) in [5, 5.41) is 4.14. The van der Waals surface area contributed by atoms with Gasteiger partial charge in [-0.3, -0.25) is 9.48 Å². The molecule has 3 rings (SSSR count). The number of ether oxygens (including phenoxy) is 1. The van der Waals surface area contributed by atoms with Crippen molar-refractivity contribution >= 4 is 11.8 Å². The van der Waals surface area contributed by atoms with Gasteiger partial charge in [-0.1, -0.05) is 12.1 Å². The molecule has 5 nitrogen and oxygen atoms in total. The zero-order valence-electron chi connectivity index (χ0n) is 12.8. The Morgan fingerprint density at radius 2 is 1.92 bits per heavy atom. The minimum Gasteiger partial charge on any atom is -0.467 e. The maximum Gasteiger partial charge on any atom is 0.416 e. The Balaban J connectivity index is 1.74. The van der Waals surface area contributed by atoms with Gasteiger partial charge in [-0.05, 0) is 30.5 Å². The number of carbonyl (C=O) groups excluding carboxylic acids is 1. The highest BCUT2D eigenvalue weighted by molar-refractivity contribution is 6.06. The van der Waals surface area contributed by atoms with Gasteiger partial charge in [0.2, 0.25) is 5.90 Å². The third-order valence-electron chi connectivity index (χ3n) is 3.78. The molecule has 1 amide bonds. The van der Waals surface area contributed by atoms with E-state index in [2.05, 4.69) is 10.1 Å². The van der Waals surface area contributed by atoms with Crippen molar-refractivity contribution in [3.05, 3.63) is 52.8 Å². The number of aromatic nitrogens is 2. The van der Waals surface area contributed by atoms with E-state index in [9.17, 15) is 18.0 Å². The molecule has 0 bridgehead atoms. The standard InChI is InChI=1S/C16H14F3N3O2/c1-22-13(12(8-20-22)15-21-14(23)9-24-15)7-4-10-2-5-11(6-3-10)16(17,18)19/h2-3,5-6,8H,4,7,9H2,1H3. The van der Waals surface area contributed by atoms with Crippen LogP contribution in [0, 0.1) is 0 Å². The fourth-order valence-electron chi connectivity index (χ4n) is 2.51. The van der Waals surface area contributed by atoms with E-state index in [1.54, 1.807) is 17.9 Å². The Morgan fingerprint density at radius 3 is 2.50 bits per heavy atom. The lowest BCUT2D eigenvalue weighted by atomic mass is 10.0. The molecule has 1 aromatic carbocycles. The van der Waals surface area contributed by atoms with E-state index in [0.29, 0.717) is 18.4 Å². The number of hydrogen-bond acceptors (Lipinski definition) is 3. The van der Waals surface area contributed by atoms with Crippen LogP contribution in [0.15, 0.2) is 35.5 Å². The molecule has 8 heteroatoms. The maximum absolute atomic E-state index is 12.6. The lowest BCUT2D eigenvalue weighted by Gasteiger charge is -2.09. The van der Waals surface area contributed by atoms with Crippen LogP contribution in [-0.4, -0.2) is 28.2 Å². The summed E-state index contributed by atoms with van der Waals surface area (Å²) in [6.07, 6.45) is -1.70. The third-order valence-corrected chi connectivity index (χ3v) is 3.78. The number of aliphatic imine (C=N–C) groups is 1. The molecule has 0 aliphatic carbocycles. The van der Waals surface area contributed by atoms with Gasteiger partial charge >= 0.3 is 6.18 Å². The van der Waals surface area contributed by atoms with Crippen molar-refractivity contribution in [2.45, 2.75) is 19.0 Å². The number of halogens is 3. The molecule has 2 heterocycles. The van der Waals surface area contributed by atoms with Gasteiger partial charge < -0.3 is 4.74 Å². The van der Waals surface area contributed by atoms with Crippen molar-refractivity contribution in [2.75, 3.05) is 6.61 Å². The number of rotatable bonds is 4. The van der Waals surface area contributed by atoms with Gasteiger partial charge in [0, 0.05) is 7.05 Å². The van der Waals surface area contributed by atoms with Gasteiger partial charge in [0.1, 0.15) is 0 Å². The number of hydrogen-bond donors (Lipinski definition) is 0. The number of amides is 1. The number of aryl methyl sites for hydroxylation is 2. The van der Waals surface area contributed by atoms with Gasteiger partial charge in [0.25, 0.3) is 5.91 Å². The predicted octanol–water partition coefficient (Wildman–Crippen LogP) is 2.53. The third kappa shape index (κ3) is 3.32. The molecule has 24 heavy (non-hydrogen) atoms. The molecule has 1 aliphatic rings. The first-order valence-electron chi connectivity index (χ1n) is 7.26. The molecule has 1 aliphatic heterocycles. The van der Waals surface area contributed by atoms with Crippen LogP contribution in [0.2, 0.25) is 0 Å². The SMILES string of the molecule is Cn1ncc(C2=NC(=O)CO2)c1CCc1ccc(C(F)(F)F)cc1. The number of benzene rings is 1. The second-order valence-corrected chi connectivity index (χ2v) is 5.42. The summed E-state index contributed by atoms with van der Waals surface area (Å²) >= 11 is 0. The summed E-state index contributed by atoms with van der Waals surface area (Å²) in [5.41, 5.74) is 1.55. The van der Waals surface area contributed by atoms with Crippen molar-refractivity contribution in [2.24, 2.45) is 12.0 Å². The first-order chi connectivity index (χ1) is 11.3. The number of carbonyl (C=O) groups is 1. The molecular weight excluding hydrogens is 323 g/mol. The lowest BCUT2D eigenvalue weighted by molar-refractivity contribution is -0.137. The average Bonchev–Trinajstić information content (AvgIpc) is 3.11. The van der Waals surface area contributed by atoms with Crippen molar-refractivity contribution < 1.29 is 22.7 Å². The zero-order valence-corrected chi connectivity index (χ0v) is 12.8. The quantitative estimate of drug-likeness (QED) is 0.861. The Morgan fingerprint density at radius 1 is 1.21 bits per heavy atom. The molecule has 0 saturated heterocycles. The first-order valence-corrected chi connectivity index (χ1v) is 7.26. The summed E-state index contributed by atoms with van der Waals surface area (Å²) in [4.78, 5) is 15.0. The largest absolute Gasteiger partial charge is 0.467 e. The Hall–Kier alpha value is -2.64. The van der Waals surface area contributed by atoms with Crippen LogP contribution >= 0.6 is 0 Å². The van der Waals surface area contributed by atoms with Crippen LogP contribution in [-0.2, 0) is 35.6 Å². The van der Waals surface area contributed by atoms with Crippen LogP contribution in [0.5, 0.6) is 0 Å². The highest BCUT2D eigenvalue weighted by Crippen LogP contribution is 2.29. The molecule has 1 aromatic heterocycles. The average molecular weight is 337 g/mol. The summed E-state index contributed by atoms with van der Waals surface area (Å²) in [7, 11) is 1.75. The van der Waals surface area contributed by atoms with E-state index in [0.717, 1.165) is 23.4 Å². The monoisotopic (exact) mass is 337 g/mol. The van der Waals surface area contributed by atoms with Gasteiger partial charge in [-0.15, -0.1) is 0 Å². The molecule has 0 fully saturated rings. The van der Waals surface area contributed by atoms with E-state index in [-0.39, 0.29) is 18.4 Å². The van der Waals surface area contributed by atoms with E-state index < -0.39 is 11.7 Å². The summed E-state index contributed by atoms with van der Waals surface area (Å²) < 4.78 is 44.6. The van der Waals surface area contributed by atoms with Crippen LogP contribution in [0.4, 0.5) is 13.2 Å². The van der Waals surface area contributed by atoms with E-state index in [4.69, 9.17) is 4.74 Å². The fraction of sp³-hybridized carbons (Fsp3) is 0.312. The Labute approximate surface area is 135 Å². The maximum atomic E-state index is 12.6. The molecule has 0 N–H and O–H groups in total. The van der Waals surface area contributed by atoms with Crippen molar-refractivity contribution in [3.8, 4) is 0 Å². The summed E-state index contributed by atoms with van der Waals surface area (Å²) in [5.74, 6) is -0.0990. The molecule has 126 valence electrons. The molecule has 0 spiro atoms. The molecule has 0 radical (unpaired) electrons. The number of nitrogens with zero attached hydrogens (tertiary/aromatic N) is 3. The predicted molar refractivity (Wildman–Crippen MR) is 79.6 cm³/mol. The topological polar surface area (TPSA) is 56.5 Å². The second-order valence-electron chi connectivity index (χ2n) is 5.42. The first kappa shape index (κ1) is 16.2. The molecular formula is C16H14F3N3O2. The van der Waals surface area contributed by atoms with Crippen LogP contribution < -0.4 is 0 Å². The Kier molecular flexibility index (Phi) is 4.13. The molecule has 0 unspecified atom stereocenters. The minimum atomic E-state index is -4.34.